The Bertz CT molecular complexity index is 495. The van der Waals surface area contributed by atoms with Crippen LogP contribution in [0.25, 0.3) is 0 Å². The first kappa shape index (κ1) is 14.8. The molecule has 2 aromatic carbocycles. The van der Waals surface area contributed by atoms with Crippen LogP contribution in [-0.2, 0) is 4.74 Å². The number of methoxy groups -OCH3 is 1. The van der Waals surface area contributed by atoms with Crippen molar-refractivity contribution in [3.05, 3.63) is 71.8 Å². The fourth-order valence-electron chi connectivity index (χ4n) is 2.49. The summed E-state index contributed by atoms with van der Waals surface area (Å²) in [5.74, 6) is 0. The number of hydrogen-bond acceptors (Lipinski definition) is 2. The van der Waals surface area contributed by atoms with E-state index >= 15 is 0 Å². The molecule has 0 saturated heterocycles. The average molecular weight is 269 g/mol. The van der Waals surface area contributed by atoms with Crippen LogP contribution in [0, 0.1) is 0 Å². The van der Waals surface area contributed by atoms with Gasteiger partial charge < -0.3 is 10.1 Å². The topological polar surface area (TPSA) is 21.3 Å². The number of benzene rings is 2. The van der Waals surface area contributed by atoms with Gasteiger partial charge in [0.25, 0.3) is 0 Å². The van der Waals surface area contributed by atoms with Crippen LogP contribution in [0.1, 0.15) is 37.1 Å². The van der Waals surface area contributed by atoms with Gasteiger partial charge in [-0.05, 0) is 11.1 Å². The third kappa shape index (κ3) is 3.69. The Labute approximate surface area is 121 Å². The summed E-state index contributed by atoms with van der Waals surface area (Å²) in [6.45, 7) is 4.32. The number of ether oxygens (including phenoxy) is 1. The summed E-state index contributed by atoms with van der Waals surface area (Å²) in [6.07, 6.45) is 0.000926. The Morgan fingerprint density at radius 3 is 1.75 bits per heavy atom. The van der Waals surface area contributed by atoms with Gasteiger partial charge in [0.05, 0.1) is 6.04 Å². The second-order valence-corrected chi connectivity index (χ2v) is 5.28. The van der Waals surface area contributed by atoms with Crippen molar-refractivity contribution >= 4 is 0 Å². The van der Waals surface area contributed by atoms with E-state index in [4.69, 9.17) is 4.74 Å². The molecule has 2 heteroatoms. The predicted molar refractivity (Wildman–Crippen MR) is 83.6 cm³/mol. The van der Waals surface area contributed by atoms with Crippen LogP contribution in [-0.4, -0.2) is 13.2 Å². The highest BCUT2D eigenvalue weighted by molar-refractivity contribution is 5.26. The standard InChI is InChI=1S/C18H23NO/c1-14(2)19-17(15-10-6-4-7-11-15)18(20-3)16-12-8-5-9-13-16/h4-14,17-19H,1-3H3/t17-,18+/m1/s1. The second-order valence-electron chi connectivity index (χ2n) is 5.28. The predicted octanol–water partition coefficient (Wildman–Crippen LogP) is 4.11. The molecule has 2 atom stereocenters. The summed E-state index contributed by atoms with van der Waals surface area (Å²) in [5.41, 5.74) is 2.44. The van der Waals surface area contributed by atoms with Gasteiger partial charge in [-0.25, -0.2) is 0 Å². The van der Waals surface area contributed by atoms with Crippen molar-refractivity contribution in [2.24, 2.45) is 0 Å². The Kier molecular flexibility index (Phi) is 5.33. The van der Waals surface area contributed by atoms with Crippen molar-refractivity contribution in [2.45, 2.75) is 32.0 Å². The van der Waals surface area contributed by atoms with E-state index in [0.717, 1.165) is 0 Å². The zero-order valence-corrected chi connectivity index (χ0v) is 12.4. The monoisotopic (exact) mass is 269 g/mol. The molecule has 20 heavy (non-hydrogen) atoms. The van der Waals surface area contributed by atoms with Gasteiger partial charge in [-0.3, -0.25) is 0 Å². The molecule has 0 fully saturated rings. The summed E-state index contributed by atoms with van der Waals surface area (Å²) in [7, 11) is 1.77. The minimum Gasteiger partial charge on any atom is -0.375 e. The van der Waals surface area contributed by atoms with Crippen LogP contribution in [0.3, 0.4) is 0 Å². The van der Waals surface area contributed by atoms with E-state index in [1.54, 1.807) is 7.11 Å². The van der Waals surface area contributed by atoms with Crippen molar-refractivity contribution in [2.75, 3.05) is 7.11 Å². The molecule has 0 aliphatic carbocycles. The molecule has 2 nitrogen and oxygen atoms in total. The van der Waals surface area contributed by atoms with Crippen molar-refractivity contribution < 1.29 is 4.74 Å². The molecule has 0 saturated carbocycles. The van der Waals surface area contributed by atoms with Gasteiger partial charge in [0.1, 0.15) is 6.10 Å². The highest BCUT2D eigenvalue weighted by Gasteiger charge is 2.24. The minimum absolute atomic E-state index is 0.000926. The van der Waals surface area contributed by atoms with Crippen LogP contribution in [0.15, 0.2) is 60.7 Å². The van der Waals surface area contributed by atoms with Crippen molar-refractivity contribution in [3.63, 3.8) is 0 Å². The molecule has 0 heterocycles. The summed E-state index contributed by atoms with van der Waals surface area (Å²) in [6, 6.07) is 21.4. The maximum Gasteiger partial charge on any atom is 0.102 e. The van der Waals surface area contributed by atoms with Gasteiger partial charge in [0.15, 0.2) is 0 Å². The first-order valence-electron chi connectivity index (χ1n) is 7.11. The Hall–Kier alpha value is -1.64. The van der Waals surface area contributed by atoms with Crippen molar-refractivity contribution in [3.8, 4) is 0 Å². The maximum atomic E-state index is 5.79. The highest BCUT2D eigenvalue weighted by atomic mass is 16.5. The summed E-state index contributed by atoms with van der Waals surface area (Å²) in [5, 5.41) is 3.62. The van der Waals surface area contributed by atoms with Gasteiger partial charge >= 0.3 is 0 Å². The van der Waals surface area contributed by atoms with Crippen LogP contribution in [0.4, 0.5) is 0 Å². The first-order valence-corrected chi connectivity index (χ1v) is 7.11. The third-order valence-electron chi connectivity index (χ3n) is 3.36. The van der Waals surface area contributed by atoms with E-state index < -0.39 is 0 Å². The Morgan fingerprint density at radius 2 is 1.30 bits per heavy atom. The van der Waals surface area contributed by atoms with E-state index in [1.165, 1.54) is 11.1 Å². The van der Waals surface area contributed by atoms with Gasteiger partial charge in [-0.15, -0.1) is 0 Å². The maximum absolute atomic E-state index is 5.79. The van der Waals surface area contributed by atoms with Crippen molar-refractivity contribution in [1.82, 2.24) is 5.32 Å². The van der Waals surface area contributed by atoms with Gasteiger partial charge in [0, 0.05) is 13.2 Å². The quantitative estimate of drug-likeness (QED) is 0.852. The third-order valence-corrected chi connectivity index (χ3v) is 3.36. The lowest BCUT2D eigenvalue weighted by atomic mass is 9.95. The average Bonchev–Trinajstić information content (AvgIpc) is 2.49. The second kappa shape index (κ2) is 7.22. The van der Waals surface area contributed by atoms with E-state index in [9.17, 15) is 0 Å². The first-order chi connectivity index (χ1) is 9.72. The fraction of sp³-hybridized carbons (Fsp3) is 0.333. The lowest BCUT2D eigenvalue weighted by molar-refractivity contribution is 0.0646. The number of nitrogens with one attached hydrogen (secondary N) is 1. The highest BCUT2D eigenvalue weighted by Crippen LogP contribution is 2.31. The van der Waals surface area contributed by atoms with E-state index in [-0.39, 0.29) is 12.1 Å². The van der Waals surface area contributed by atoms with Crippen LogP contribution in [0.5, 0.6) is 0 Å². The molecule has 106 valence electrons. The fourth-order valence-corrected chi connectivity index (χ4v) is 2.49. The molecule has 0 unspecified atom stereocenters. The molecule has 0 spiro atoms. The molecule has 2 aromatic rings. The zero-order valence-electron chi connectivity index (χ0n) is 12.4. The zero-order chi connectivity index (χ0) is 14.4. The molecule has 0 bridgehead atoms. The van der Waals surface area contributed by atoms with Crippen LogP contribution >= 0.6 is 0 Å². The number of rotatable bonds is 6. The Balaban J connectivity index is 2.34. The summed E-state index contributed by atoms with van der Waals surface area (Å²) >= 11 is 0. The Morgan fingerprint density at radius 1 is 0.800 bits per heavy atom. The normalized spacial score (nSPS) is 14.2. The van der Waals surface area contributed by atoms with Crippen molar-refractivity contribution in [1.29, 1.82) is 0 Å². The largest absolute Gasteiger partial charge is 0.375 e. The van der Waals surface area contributed by atoms with E-state index in [2.05, 4.69) is 67.7 Å². The lowest BCUT2D eigenvalue weighted by Crippen LogP contribution is -2.33. The SMILES string of the molecule is CO[C@@H](c1ccccc1)[C@H](NC(C)C)c1ccccc1. The van der Waals surface area contributed by atoms with Crippen LogP contribution < -0.4 is 5.32 Å². The molecule has 0 aromatic heterocycles. The smallest absolute Gasteiger partial charge is 0.102 e. The van der Waals surface area contributed by atoms with Crippen LogP contribution in [0.2, 0.25) is 0 Å². The minimum atomic E-state index is 0.000926. The lowest BCUT2D eigenvalue weighted by Gasteiger charge is -2.29. The molecule has 0 aliphatic heterocycles. The molecule has 0 amide bonds. The number of hydrogen-bond donors (Lipinski definition) is 1. The van der Waals surface area contributed by atoms with E-state index in [0.29, 0.717) is 6.04 Å². The molecule has 0 radical (unpaired) electrons. The summed E-state index contributed by atoms with van der Waals surface area (Å²) in [4.78, 5) is 0. The van der Waals surface area contributed by atoms with E-state index in [1.807, 2.05) is 12.1 Å². The van der Waals surface area contributed by atoms with Gasteiger partial charge in [-0.2, -0.15) is 0 Å². The molecule has 0 aliphatic rings. The summed E-state index contributed by atoms with van der Waals surface area (Å²) < 4.78 is 5.79. The molecular formula is C18H23NO. The van der Waals surface area contributed by atoms with Gasteiger partial charge in [-0.1, -0.05) is 74.5 Å². The molecule has 1 N–H and O–H groups in total. The molecular weight excluding hydrogens is 246 g/mol. The van der Waals surface area contributed by atoms with Gasteiger partial charge in [0.2, 0.25) is 0 Å². The molecule has 2 rings (SSSR count).